The molecular weight excluding hydrogens is 275 g/mol. The van der Waals surface area contributed by atoms with Gasteiger partial charge in [0.25, 0.3) is 0 Å². The second kappa shape index (κ2) is 5.96. The first kappa shape index (κ1) is 13.1. The highest BCUT2D eigenvalue weighted by molar-refractivity contribution is 9.10. The molecule has 0 aliphatic heterocycles. The van der Waals surface area contributed by atoms with Crippen molar-refractivity contribution in [3.63, 3.8) is 0 Å². The Hall–Kier alpha value is -0.940. The standard InChI is InChI=1S/C11H14BrFN2O/c1-7(15-6-11(16)14-2)9-4-3-8(13)5-10(9)12/h3-5,7,15H,6H2,1-2H3,(H,14,16). The molecule has 1 amide bonds. The van der Waals surface area contributed by atoms with E-state index in [0.717, 1.165) is 5.56 Å². The van der Waals surface area contributed by atoms with Crippen LogP contribution in [0.4, 0.5) is 4.39 Å². The van der Waals surface area contributed by atoms with Gasteiger partial charge in [-0.05, 0) is 24.6 Å². The van der Waals surface area contributed by atoms with Crippen molar-refractivity contribution < 1.29 is 9.18 Å². The number of amides is 1. The molecule has 0 radical (unpaired) electrons. The number of hydrogen-bond acceptors (Lipinski definition) is 2. The molecule has 0 fully saturated rings. The molecule has 0 saturated carbocycles. The van der Waals surface area contributed by atoms with Gasteiger partial charge in [0, 0.05) is 17.6 Å². The van der Waals surface area contributed by atoms with E-state index in [1.165, 1.54) is 12.1 Å². The molecule has 16 heavy (non-hydrogen) atoms. The second-order valence-electron chi connectivity index (χ2n) is 3.44. The molecule has 1 aromatic carbocycles. The van der Waals surface area contributed by atoms with Crippen LogP contribution in [0, 0.1) is 5.82 Å². The van der Waals surface area contributed by atoms with Gasteiger partial charge >= 0.3 is 0 Å². The minimum Gasteiger partial charge on any atom is -0.358 e. The van der Waals surface area contributed by atoms with Gasteiger partial charge in [0.2, 0.25) is 5.91 Å². The molecule has 0 heterocycles. The Morgan fingerprint density at radius 2 is 2.25 bits per heavy atom. The molecule has 1 atom stereocenters. The lowest BCUT2D eigenvalue weighted by Gasteiger charge is -2.15. The molecule has 0 aromatic heterocycles. The minimum atomic E-state index is -0.283. The molecule has 1 aromatic rings. The van der Waals surface area contributed by atoms with E-state index in [1.807, 2.05) is 6.92 Å². The summed E-state index contributed by atoms with van der Waals surface area (Å²) in [5.74, 6) is -0.362. The van der Waals surface area contributed by atoms with Crippen molar-refractivity contribution in [1.82, 2.24) is 10.6 Å². The number of rotatable bonds is 4. The lowest BCUT2D eigenvalue weighted by Crippen LogP contribution is -2.32. The quantitative estimate of drug-likeness (QED) is 0.890. The Bertz CT molecular complexity index is 384. The first-order valence-corrected chi connectivity index (χ1v) is 5.72. The number of carbonyl (C=O) groups is 1. The zero-order valence-electron chi connectivity index (χ0n) is 9.18. The molecule has 1 unspecified atom stereocenters. The van der Waals surface area contributed by atoms with E-state index in [-0.39, 0.29) is 24.3 Å². The summed E-state index contributed by atoms with van der Waals surface area (Å²) in [5.41, 5.74) is 0.922. The summed E-state index contributed by atoms with van der Waals surface area (Å²) in [5, 5.41) is 5.57. The van der Waals surface area contributed by atoms with E-state index < -0.39 is 0 Å². The van der Waals surface area contributed by atoms with Crippen molar-refractivity contribution in [1.29, 1.82) is 0 Å². The number of likely N-dealkylation sites (N-methyl/N-ethyl adjacent to an activating group) is 1. The third-order valence-corrected chi connectivity index (χ3v) is 2.96. The highest BCUT2D eigenvalue weighted by Gasteiger charge is 2.10. The fourth-order valence-corrected chi connectivity index (χ4v) is 1.99. The van der Waals surface area contributed by atoms with Crippen LogP contribution < -0.4 is 10.6 Å². The van der Waals surface area contributed by atoms with Crippen molar-refractivity contribution in [3.05, 3.63) is 34.1 Å². The van der Waals surface area contributed by atoms with Crippen LogP contribution in [0.5, 0.6) is 0 Å². The van der Waals surface area contributed by atoms with Gasteiger partial charge in [0.1, 0.15) is 5.82 Å². The topological polar surface area (TPSA) is 41.1 Å². The second-order valence-corrected chi connectivity index (χ2v) is 4.30. The lowest BCUT2D eigenvalue weighted by molar-refractivity contribution is -0.119. The van der Waals surface area contributed by atoms with E-state index in [4.69, 9.17) is 0 Å². The number of benzene rings is 1. The SMILES string of the molecule is CNC(=O)CNC(C)c1ccc(F)cc1Br. The van der Waals surface area contributed by atoms with Gasteiger partial charge in [0.15, 0.2) is 0 Å². The van der Waals surface area contributed by atoms with E-state index in [9.17, 15) is 9.18 Å². The van der Waals surface area contributed by atoms with Gasteiger partial charge in [-0.25, -0.2) is 4.39 Å². The summed E-state index contributed by atoms with van der Waals surface area (Å²) < 4.78 is 13.6. The molecule has 2 N–H and O–H groups in total. The van der Waals surface area contributed by atoms with E-state index >= 15 is 0 Å². The van der Waals surface area contributed by atoms with Crippen LogP contribution in [-0.2, 0) is 4.79 Å². The zero-order valence-corrected chi connectivity index (χ0v) is 10.8. The first-order chi connectivity index (χ1) is 7.54. The lowest BCUT2D eigenvalue weighted by atomic mass is 10.1. The van der Waals surface area contributed by atoms with Gasteiger partial charge < -0.3 is 10.6 Å². The fourth-order valence-electron chi connectivity index (χ4n) is 1.30. The van der Waals surface area contributed by atoms with Crippen LogP contribution in [0.3, 0.4) is 0 Å². The predicted molar refractivity (Wildman–Crippen MR) is 64.6 cm³/mol. The van der Waals surface area contributed by atoms with Crippen LogP contribution in [0.2, 0.25) is 0 Å². The number of hydrogen-bond donors (Lipinski definition) is 2. The first-order valence-electron chi connectivity index (χ1n) is 4.93. The molecule has 1 rings (SSSR count). The van der Waals surface area contributed by atoms with Crippen LogP contribution in [0.15, 0.2) is 22.7 Å². The number of carbonyl (C=O) groups excluding carboxylic acids is 1. The summed E-state index contributed by atoms with van der Waals surface area (Å²) in [6.07, 6.45) is 0. The maximum absolute atomic E-state index is 12.9. The largest absolute Gasteiger partial charge is 0.358 e. The van der Waals surface area contributed by atoms with Gasteiger partial charge in [-0.1, -0.05) is 22.0 Å². The highest BCUT2D eigenvalue weighted by Crippen LogP contribution is 2.23. The molecule has 0 bridgehead atoms. The normalized spacial score (nSPS) is 12.2. The molecule has 0 aliphatic rings. The monoisotopic (exact) mass is 288 g/mol. The smallest absolute Gasteiger partial charge is 0.233 e. The molecule has 0 saturated heterocycles. The van der Waals surface area contributed by atoms with Crippen LogP contribution in [0.25, 0.3) is 0 Å². The van der Waals surface area contributed by atoms with Crippen LogP contribution in [0.1, 0.15) is 18.5 Å². The van der Waals surface area contributed by atoms with E-state index in [0.29, 0.717) is 4.47 Å². The molecule has 0 spiro atoms. The number of halogens is 2. The van der Waals surface area contributed by atoms with Gasteiger partial charge in [-0.15, -0.1) is 0 Å². The van der Waals surface area contributed by atoms with Crippen LogP contribution in [-0.4, -0.2) is 19.5 Å². The molecule has 5 heteroatoms. The molecule has 88 valence electrons. The van der Waals surface area contributed by atoms with Crippen molar-refractivity contribution in [2.24, 2.45) is 0 Å². The summed E-state index contributed by atoms with van der Waals surface area (Å²) in [6.45, 7) is 2.16. The Kier molecular flexibility index (Phi) is 4.89. The van der Waals surface area contributed by atoms with Crippen molar-refractivity contribution in [2.45, 2.75) is 13.0 Å². The van der Waals surface area contributed by atoms with Gasteiger partial charge in [0.05, 0.1) is 6.54 Å². The fraction of sp³-hybridized carbons (Fsp3) is 0.364. The molecular formula is C11H14BrFN2O. The van der Waals surface area contributed by atoms with Gasteiger partial charge in [-0.2, -0.15) is 0 Å². The summed E-state index contributed by atoms with van der Waals surface area (Å²) >= 11 is 3.29. The third kappa shape index (κ3) is 3.57. The third-order valence-electron chi connectivity index (χ3n) is 2.28. The van der Waals surface area contributed by atoms with E-state index in [2.05, 4.69) is 26.6 Å². The molecule has 0 aliphatic carbocycles. The maximum Gasteiger partial charge on any atom is 0.233 e. The highest BCUT2D eigenvalue weighted by atomic mass is 79.9. The Labute approximate surface area is 103 Å². The van der Waals surface area contributed by atoms with Gasteiger partial charge in [-0.3, -0.25) is 4.79 Å². The van der Waals surface area contributed by atoms with E-state index in [1.54, 1.807) is 13.1 Å². The Morgan fingerprint density at radius 1 is 1.56 bits per heavy atom. The predicted octanol–water partition coefficient (Wildman–Crippen LogP) is 1.98. The Balaban J connectivity index is 2.65. The van der Waals surface area contributed by atoms with Crippen molar-refractivity contribution in [2.75, 3.05) is 13.6 Å². The summed E-state index contributed by atoms with van der Waals surface area (Å²) in [4.78, 5) is 11.0. The number of nitrogens with one attached hydrogen (secondary N) is 2. The average molecular weight is 289 g/mol. The summed E-state index contributed by atoms with van der Waals surface area (Å²) in [7, 11) is 1.59. The molecule has 3 nitrogen and oxygen atoms in total. The minimum absolute atomic E-state index is 0.0210. The van der Waals surface area contributed by atoms with Crippen molar-refractivity contribution >= 4 is 21.8 Å². The zero-order chi connectivity index (χ0) is 12.1. The maximum atomic E-state index is 12.9. The average Bonchev–Trinajstić information content (AvgIpc) is 2.25. The summed E-state index contributed by atoms with van der Waals surface area (Å²) in [6, 6.07) is 4.49. The Morgan fingerprint density at radius 3 is 2.81 bits per heavy atom. The van der Waals surface area contributed by atoms with Crippen LogP contribution >= 0.6 is 15.9 Å². The van der Waals surface area contributed by atoms with Crippen molar-refractivity contribution in [3.8, 4) is 0 Å².